The van der Waals surface area contributed by atoms with E-state index >= 15 is 0 Å². The van der Waals surface area contributed by atoms with Gasteiger partial charge in [-0.1, -0.05) is 6.07 Å². The van der Waals surface area contributed by atoms with E-state index in [1.54, 1.807) is 37.7 Å². The maximum absolute atomic E-state index is 14.6. The number of nitrogens with one attached hydrogen (secondary N) is 2. The third kappa shape index (κ3) is 5.48. The SMILES string of the molecule is CC(C)n1ncc2c(C(=O)Nc3cc(NC(=O)OC(C)(C)C)ccc3F)cc(-c3cccs3)nc21. The van der Waals surface area contributed by atoms with Crippen LogP contribution in [0.5, 0.6) is 0 Å². The normalized spacial score (nSPS) is 11.6. The molecule has 0 aliphatic heterocycles. The minimum absolute atomic E-state index is 0.0301. The molecule has 0 saturated heterocycles. The Morgan fingerprint density at radius 1 is 1.14 bits per heavy atom. The van der Waals surface area contributed by atoms with Crippen LogP contribution in [-0.4, -0.2) is 32.4 Å². The minimum atomic E-state index is -0.686. The van der Waals surface area contributed by atoms with Gasteiger partial charge in [-0.3, -0.25) is 10.1 Å². The molecule has 35 heavy (non-hydrogen) atoms. The van der Waals surface area contributed by atoms with Crippen molar-refractivity contribution in [2.45, 2.75) is 46.3 Å². The van der Waals surface area contributed by atoms with E-state index < -0.39 is 23.4 Å². The number of carbonyl (C=O) groups is 2. The Labute approximate surface area is 206 Å². The highest BCUT2D eigenvalue weighted by atomic mass is 32.1. The van der Waals surface area contributed by atoms with Crippen LogP contribution in [0.1, 0.15) is 51.0 Å². The number of pyridine rings is 1. The third-order valence-corrected chi connectivity index (χ3v) is 5.83. The number of halogens is 1. The molecule has 2 amide bonds. The van der Waals surface area contributed by atoms with Crippen LogP contribution < -0.4 is 10.6 Å². The predicted octanol–water partition coefficient (Wildman–Crippen LogP) is 6.48. The number of benzene rings is 1. The molecule has 0 radical (unpaired) electrons. The molecule has 0 aliphatic carbocycles. The van der Waals surface area contributed by atoms with Crippen molar-refractivity contribution in [3.8, 4) is 10.6 Å². The molecular formula is C25H26FN5O3S. The number of carbonyl (C=O) groups excluding carboxylic acids is 2. The van der Waals surface area contributed by atoms with Crippen LogP contribution >= 0.6 is 11.3 Å². The molecule has 0 atom stereocenters. The molecule has 0 unspecified atom stereocenters. The smallest absolute Gasteiger partial charge is 0.412 e. The Hall–Kier alpha value is -3.79. The lowest BCUT2D eigenvalue weighted by Gasteiger charge is -2.20. The zero-order chi connectivity index (χ0) is 25.3. The van der Waals surface area contributed by atoms with Crippen molar-refractivity contribution >= 4 is 45.7 Å². The van der Waals surface area contributed by atoms with Crippen molar-refractivity contribution in [1.82, 2.24) is 14.8 Å². The van der Waals surface area contributed by atoms with Crippen LogP contribution in [0.25, 0.3) is 21.6 Å². The summed E-state index contributed by atoms with van der Waals surface area (Å²) < 4.78 is 21.6. The van der Waals surface area contributed by atoms with Crippen LogP contribution in [0, 0.1) is 5.82 Å². The van der Waals surface area contributed by atoms with Gasteiger partial charge in [0.1, 0.15) is 11.4 Å². The molecule has 3 aromatic heterocycles. The largest absolute Gasteiger partial charge is 0.444 e. The van der Waals surface area contributed by atoms with Crippen LogP contribution in [0.4, 0.5) is 20.6 Å². The lowest BCUT2D eigenvalue weighted by Crippen LogP contribution is -2.27. The number of fused-ring (bicyclic) bond motifs is 1. The zero-order valence-electron chi connectivity index (χ0n) is 20.0. The van der Waals surface area contributed by atoms with Gasteiger partial charge in [0.2, 0.25) is 0 Å². The van der Waals surface area contributed by atoms with Gasteiger partial charge >= 0.3 is 6.09 Å². The summed E-state index contributed by atoms with van der Waals surface area (Å²) in [6.45, 7) is 9.17. The fourth-order valence-corrected chi connectivity index (χ4v) is 4.13. The number of aromatic nitrogens is 3. The number of hydrogen-bond acceptors (Lipinski definition) is 6. The summed E-state index contributed by atoms with van der Waals surface area (Å²) in [6, 6.07) is 9.43. The molecule has 10 heteroatoms. The van der Waals surface area contributed by atoms with Gasteiger partial charge in [0.05, 0.1) is 33.4 Å². The predicted molar refractivity (Wildman–Crippen MR) is 135 cm³/mol. The van der Waals surface area contributed by atoms with Gasteiger partial charge in [0.15, 0.2) is 5.65 Å². The molecular weight excluding hydrogens is 469 g/mol. The number of rotatable bonds is 5. The molecule has 0 bridgehead atoms. The number of thiophene rings is 1. The molecule has 0 aliphatic rings. The van der Waals surface area contributed by atoms with Gasteiger partial charge in [0, 0.05) is 11.7 Å². The van der Waals surface area contributed by atoms with E-state index in [4.69, 9.17) is 9.72 Å². The minimum Gasteiger partial charge on any atom is -0.444 e. The Morgan fingerprint density at radius 3 is 2.57 bits per heavy atom. The number of hydrogen-bond donors (Lipinski definition) is 2. The lowest BCUT2D eigenvalue weighted by molar-refractivity contribution is 0.0635. The van der Waals surface area contributed by atoms with Gasteiger partial charge in [-0.2, -0.15) is 5.10 Å². The van der Waals surface area contributed by atoms with E-state index in [-0.39, 0.29) is 17.4 Å². The number of amides is 2. The van der Waals surface area contributed by atoms with Crippen molar-refractivity contribution in [1.29, 1.82) is 0 Å². The Bertz CT molecular complexity index is 1390. The molecule has 0 spiro atoms. The molecule has 4 aromatic rings. The number of nitrogens with zero attached hydrogens (tertiary/aromatic N) is 3. The van der Waals surface area contributed by atoms with Gasteiger partial charge in [-0.15, -0.1) is 11.3 Å². The van der Waals surface area contributed by atoms with Gasteiger partial charge in [-0.25, -0.2) is 18.9 Å². The molecule has 2 N–H and O–H groups in total. The van der Waals surface area contributed by atoms with Crippen molar-refractivity contribution in [3.05, 3.63) is 59.4 Å². The first-order valence-corrected chi connectivity index (χ1v) is 11.9. The first kappa shape index (κ1) is 24.3. The van der Waals surface area contributed by atoms with E-state index in [0.29, 0.717) is 22.3 Å². The van der Waals surface area contributed by atoms with E-state index in [0.717, 1.165) is 4.88 Å². The van der Waals surface area contributed by atoms with Gasteiger partial charge in [0.25, 0.3) is 5.91 Å². The van der Waals surface area contributed by atoms with E-state index in [1.807, 2.05) is 31.4 Å². The first-order chi connectivity index (χ1) is 16.5. The quantitative estimate of drug-likeness (QED) is 0.330. The summed E-state index contributed by atoms with van der Waals surface area (Å²) in [5, 5.41) is 12.1. The summed E-state index contributed by atoms with van der Waals surface area (Å²) in [5.41, 5.74) is 1.02. The standard InChI is InChI=1S/C25H26FN5O3S/c1-14(2)31-22-17(13-27-31)16(12-20(29-22)21-7-6-10-35-21)23(32)30-19-11-15(8-9-18(19)26)28-24(33)34-25(3,4)5/h6-14H,1-5H3,(H,28,33)(H,30,32). The molecule has 0 fully saturated rings. The lowest BCUT2D eigenvalue weighted by atomic mass is 10.1. The van der Waals surface area contributed by atoms with Crippen LogP contribution in [0.15, 0.2) is 48.0 Å². The summed E-state index contributed by atoms with van der Waals surface area (Å²) in [7, 11) is 0. The van der Waals surface area contributed by atoms with E-state index in [2.05, 4.69) is 15.7 Å². The highest BCUT2D eigenvalue weighted by Gasteiger charge is 2.21. The van der Waals surface area contributed by atoms with Gasteiger partial charge < -0.3 is 10.1 Å². The maximum atomic E-state index is 14.6. The number of ether oxygens (including phenoxy) is 1. The summed E-state index contributed by atoms with van der Waals surface area (Å²) in [6.07, 6.45) is 0.908. The molecule has 182 valence electrons. The van der Waals surface area contributed by atoms with Gasteiger partial charge in [-0.05, 0) is 70.3 Å². The average Bonchev–Trinajstić information content (AvgIpc) is 3.43. The van der Waals surface area contributed by atoms with E-state index in [1.165, 1.54) is 29.5 Å². The fourth-order valence-electron chi connectivity index (χ4n) is 3.44. The average molecular weight is 496 g/mol. The first-order valence-electron chi connectivity index (χ1n) is 11.0. The summed E-state index contributed by atoms with van der Waals surface area (Å²) in [4.78, 5) is 31.1. The van der Waals surface area contributed by atoms with Crippen molar-refractivity contribution < 1.29 is 18.7 Å². The van der Waals surface area contributed by atoms with Crippen LogP contribution in [-0.2, 0) is 4.74 Å². The summed E-state index contributed by atoms with van der Waals surface area (Å²) in [5.74, 6) is -1.17. The molecule has 3 heterocycles. The highest BCUT2D eigenvalue weighted by molar-refractivity contribution is 7.13. The fraction of sp³-hybridized carbons (Fsp3) is 0.280. The van der Waals surface area contributed by atoms with E-state index in [9.17, 15) is 14.0 Å². The molecule has 0 saturated carbocycles. The second kappa shape index (κ2) is 9.46. The Balaban J connectivity index is 1.68. The maximum Gasteiger partial charge on any atom is 0.412 e. The Morgan fingerprint density at radius 2 is 1.91 bits per heavy atom. The monoisotopic (exact) mass is 495 g/mol. The molecule has 8 nitrogen and oxygen atoms in total. The second-order valence-corrected chi connectivity index (χ2v) is 10.2. The third-order valence-electron chi connectivity index (χ3n) is 4.93. The van der Waals surface area contributed by atoms with Crippen molar-refractivity contribution in [2.24, 2.45) is 0 Å². The van der Waals surface area contributed by atoms with Crippen molar-refractivity contribution in [2.75, 3.05) is 10.6 Å². The van der Waals surface area contributed by atoms with Crippen LogP contribution in [0.2, 0.25) is 0 Å². The van der Waals surface area contributed by atoms with Crippen molar-refractivity contribution in [3.63, 3.8) is 0 Å². The summed E-state index contributed by atoms with van der Waals surface area (Å²) >= 11 is 1.50. The molecule has 4 rings (SSSR count). The molecule has 1 aromatic carbocycles. The Kier molecular flexibility index (Phi) is 6.58. The van der Waals surface area contributed by atoms with Crippen LogP contribution in [0.3, 0.4) is 0 Å². The number of anilines is 2. The second-order valence-electron chi connectivity index (χ2n) is 9.23. The zero-order valence-corrected chi connectivity index (χ0v) is 20.9. The topological polar surface area (TPSA) is 98.1 Å². The highest BCUT2D eigenvalue weighted by Crippen LogP contribution is 2.30.